The number of carbonyl (C=O) groups is 2. The van der Waals surface area contributed by atoms with Crippen molar-refractivity contribution in [2.24, 2.45) is 0 Å². The van der Waals surface area contributed by atoms with Crippen LogP contribution in [0.2, 0.25) is 10.0 Å². The monoisotopic (exact) mass is 471 g/mol. The van der Waals surface area contributed by atoms with Crippen LogP contribution in [0.5, 0.6) is 0 Å². The number of esters is 1. The maximum absolute atomic E-state index is 12.0. The molecule has 0 unspecified atom stereocenters. The van der Waals surface area contributed by atoms with Crippen LogP contribution < -0.4 is 10.6 Å². The molecule has 2 N–H and O–H groups in total. The van der Waals surface area contributed by atoms with Crippen molar-refractivity contribution in [2.45, 2.75) is 26.1 Å². The van der Waals surface area contributed by atoms with E-state index in [-0.39, 0.29) is 31.0 Å². The zero-order valence-corrected chi connectivity index (χ0v) is 18.4. The SMILES string of the molecule is CCOC(=O)c1noc(CNC(=O)NC[C@H]2CN(Cc3ccc(Cl)c(Cl)c3)CCO2)n1. The van der Waals surface area contributed by atoms with Crippen LogP contribution in [-0.4, -0.2) is 66.0 Å². The number of hydrogen-bond donors (Lipinski definition) is 2. The number of carbonyl (C=O) groups excluding carboxylic acids is 2. The molecule has 1 saturated heterocycles. The van der Waals surface area contributed by atoms with Crippen molar-refractivity contribution in [3.05, 3.63) is 45.5 Å². The van der Waals surface area contributed by atoms with Gasteiger partial charge in [0.1, 0.15) is 0 Å². The van der Waals surface area contributed by atoms with E-state index in [0.29, 0.717) is 36.3 Å². The molecule has 1 aliphatic rings. The number of rotatable bonds is 8. The Morgan fingerprint density at radius 1 is 1.29 bits per heavy atom. The highest BCUT2D eigenvalue weighted by Gasteiger charge is 2.21. The Balaban J connectivity index is 1.39. The Labute approximate surface area is 189 Å². The summed E-state index contributed by atoms with van der Waals surface area (Å²) in [4.78, 5) is 29.6. The Hall–Kier alpha value is -2.40. The summed E-state index contributed by atoms with van der Waals surface area (Å²) >= 11 is 12.0. The number of amides is 2. The molecule has 1 aliphatic heterocycles. The van der Waals surface area contributed by atoms with E-state index in [1.165, 1.54) is 0 Å². The third-order valence-corrected chi connectivity index (χ3v) is 5.17. The van der Waals surface area contributed by atoms with Gasteiger partial charge in [0.05, 0.1) is 35.9 Å². The van der Waals surface area contributed by atoms with E-state index in [9.17, 15) is 9.59 Å². The van der Waals surface area contributed by atoms with Gasteiger partial charge in [0.2, 0.25) is 5.89 Å². The number of urea groups is 1. The van der Waals surface area contributed by atoms with E-state index < -0.39 is 12.0 Å². The molecule has 0 bridgehead atoms. The second-order valence-corrected chi connectivity index (χ2v) is 7.59. The van der Waals surface area contributed by atoms with Crippen molar-refractivity contribution >= 4 is 35.2 Å². The molecular weight excluding hydrogens is 449 g/mol. The lowest BCUT2D eigenvalue weighted by atomic mass is 10.2. The van der Waals surface area contributed by atoms with Gasteiger partial charge in [0.15, 0.2) is 0 Å². The molecule has 0 saturated carbocycles. The van der Waals surface area contributed by atoms with E-state index >= 15 is 0 Å². The minimum Gasteiger partial charge on any atom is -0.460 e. The van der Waals surface area contributed by atoms with Crippen LogP contribution >= 0.6 is 23.2 Å². The molecule has 3 rings (SSSR count). The molecule has 1 atom stereocenters. The Morgan fingerprint density at radius 3 is 2.90 bits per heavy atom. The van der Waals surface area contributed by atoms with Gasteiger partial charge in [-0.1, -0.05) is 29.3 Å². The molecule has 10 nitrogen and oxygen atoms in total. The maximum atomic E-state index is 12.0. The third kappa shape index (κ3) is 7.06. The number of hydrogen-bond acceptors (Lipinski definition) is 8. The number of nitrogens with zero attached hydrogens (tertiary/aromatic N) is 3. The molecule has 1 aromatic heterocycles. The van der Waals surface area contributed by atoms with Gasteiger partial charge in [-0.25, -0.2) is 9.59 Å². The van der Waals surface area contributed by atoms with E-state index in [0.717, 1.165) is 12.1 Å². The summed E-state index contributed by atoms with van der Waals surface area (Å²) in [6.45, 7) is 4.91. The molecule has 0 aliphatic carbocycles. The summed E-state index contributed by atoms with van der Waals surface area (Å²) in [5.74, 6) is -0.765. The van der Waals surface area contributed by atoms with Crippen LogP contribution in [0.3, 0.4) is 0 Å². The average molecular weight is 472 g/mol. The molecule has 2 amide bonds. The maximum Gasteiger partial charge on any atom is 0.379 e. The fourth-order valence-electron chi connectivity index (χ4n) is 2.97. The molecule has 0 spiro atoms. The first-order valence-corrected chi connectivity index (χ1v) is 10.5. The molecule has 1 fully saturated rings. The zero-order chi connectivity index (χ0) is 22.2. The number of nitrogens with one attached hydrogen (secondary N) is 2. The molecule has 2 aromatic rings. The van der Waals surface area contributed by atoms with E-state index in [1.54, 1.807) is 13.0 Å². The molecule has 168 valence electrons. The quantitative estimate of drug-likeness (QED) is 0.562. The van der Waals surface area contributed by atoms with Gasteiger partial charge in [-0.2, -0.15) is 4.98 Å². The molecule has 31 heavy (non-hydrogen) atoms. The van der Waals surface area contributed by atoms with E-state index in [1.807, 2.05) is 12.1 Å². The highest BCUT2D eigenvalue weighted by Crippen LogP contribution is 2.23. The second-order valence-electron chi connectivity index (χ2n) is 6.77. The predicted molar refractivity (Wildman–Crippen MR) is 112 cm³/mol. The number of morpholine rings is 1. The highest BCUT2D eigenvalue weighted by atomic mass is 35.5. The van der Waals surface area contributed by atoms with Crippen molar-refractivity contribution in [1.29, 1.82) is 0 Å². The number of halogens is 2. The zero-order valence-electron chi connectivity index (χ0n) is 16.9. The first kappa shape index (κ1) is 23.3. The Morgan fingerprint density at radius 2 is 2.13 bits per heavy atom. The number of benzene rings is 1. The van der Waals surface area contributed by atoms with E-state index in [2.05, 4.69) is 25.7 Å². The standard InChI is InChI=1S/C19H23Cl2N5O5/c1-2-29-18(27)17-24-16(31-25-17)9-23-19(28)22-8-13-11-26(5-6-30-13)10-12-3-4-14(20)15(21)7-12/h3-4,7,13H,2,5-6,8-11H2,1H3,(H2,22,23,28)/t13-/m0/s1. The van der Waals surface area contributed by atoms with Gasteiger partial charge < -0.3 is 24.6 Å². The highest BCUT2D eigenvalue weighted by molar-refractivity contribution is 6.42. The fraction of sp³-hybridized carbons (Fsp3) is 0.474. The normalized spacial score (nSPS) is 16.7. The van der Waals surface area contributed by atoms with Crippen LogP contribution in [0.25, 0.3) is 0 Å². The van der Waals surface area contributed by atoms with Crippen molar-refractivity contribution in [3.63, 3.8) is 0 Å². The summed E-state index contributed by atoms with van der Waals surface area (Å²) in [5, 5.41) is 9.91. The first-order chi connectivity index (χ1) is 14.9. The van der Waals surface area contributed by atoms with Crippen molar-refractivity contribution in [2.75, 3.05) is 32.8 Å². The van der Waals surface area contributed by atoms with Crippen LogP contribution in [0.4, 0.5) is 4.79 Å². The van der Waals surface area contributed by atoms with Crippen molar-refractivity contribution < 1.29 is 23.6 Å². The van der Waals surface area contributed by atoms with Crippen LogP contribution in [0.15, 0.2) is 22.7 Å². The predicted octanol–water partition coefficient (Wildman–Crippen LogP) is 2.25. The Bertz CT molecular complexity index is 910. The van der Waals surface area contributed by atoms with Crippen LogP contribution in [-0.2, 0) is 22.6 Å². The van der Waals surface area contributed by atoms with Gasteiger partial charge >= 0.3 is 12.0 Å². The fourth-order valence-corrected chi connectivity index (χ4v) is 3.29. The summed E-state index contributed by atoms with van der Waals surface area (Å²) < 4.78 is 15.4. The number of ether oxygens (including phenoxy) is 2. The molecule has 1 aromatic carbocycles. The molecule has 2 heterocycles. The van der Waals surface area contributed by atoms with Gasteiger partial charge in [0, 0.05) is 26.2 Å². The van der Waals surface area contributed by atoms with E-state index in [4.69, 9.17) is 37.2 Å². The van der Waals surface area contributed by atoms with Gasteiger partial charge in [-0.3, -0.25) is 4.90 Å². The largest absolute Gasteiger partial charge is 0.460 e. The molecular formula is C19H23Cl2N5O5. The summed E-state index contributed by atoms with van der Waals surface area (Å²) in [7, 11) is 0. The third-order valence-electron chi connectivity index (χ3n) is 4.43. The minimum absolute atomic E-state index is 0.0206. The topological polar surface area (TPSA) is 119 Å². The van der Waals surface area contributed by atoms with Crippen molar-refractivity contribution in [3.8, 4) is 0 Å². The summed E-state index contributed by atoms with van der Waals surface area (Å²) in [6.07, 6.45) is -0.152. The summed E-state index contributed by atoms with van der Waals surface area (Å²) in [6, 6.07) is 5.16. The minimum atomic E-state index is -0.679. The Kier molecular flexibility index (Phi) is 8.47. The molecule has 0 radical (unpaired) electrons. The average Bonchev–Trinajstić information content (AvgIpc) is 3.23. The van der Waals surface area contributed by atoms with Gasteiger partial charge in [-0.05, 0) is 29.8 Å². The first-order valence-electron chi connectivity index (χ1n) is 9.74. The summed E-state index contributed by atoms with van der Waals surface area (Å²) in [5.41, 5.74) is 1.06. The van der Waals surface area contributed by atoms with Gasteiger partial charge in [0.25, 0.3) is 5.82 Å². The van der Waals surface area contributed by atoms with Crippen LogP contribution in [0.1, 0.15) is 29.0 Å². The van der Waals surface area contributed by atoms with Crippen molar-refractivity contribution in [1.82, 2.24) is 25.7 Å². The number of aromatic nitrogens is 2. The second kappa shape index (κ2) is 11.3. The van der Waals surface area contributed by atoms with Crippen LogP contribution in [0, 0.1) is 0 Å². The smallest absolute Gasteiger partial charge is 0.379 e. The molecule has 12 heteroatoms. The lowest BCUT2D eigenvalue weighted by Crippen LogP contribution is -2.48. The lowest BCUT2D eigenvalue weighted by Gasteiger charge is -2.33. The lowest BCUT2D eigenvalue weighted by molar-refractivity contribution is -0.0287. The van der Waals surface area contributed by atoms with Gasteiger partial charge in [-0.15, -0.1) is 0 Å².